The average Bonchev–Trinajstić information content (AvgIpc) is 2.93. The minimum atomic E-state index is -3.75. The largest absolute Gasteiger partial charge is 0.313 e. The van der Waals surface area contributed by atoms with Gasteiger partial charge in [0.25, 0.3) is 0 Å². The van der Waals surface area contributed by atoms with Crippen LogP contribution in [0.15, 0.2) is 47.9 Å². The molecule has 1 saturated heterocycles. The molecular formula is C22H24ClN3O3S. The molecule has 0 unspecified atom stereocenters. The number of hydrogen-bond donors (Lipinski definition) is 2. The third-order valence-corrected chi connectivity index (χ3v) is 6.80. The van der Waals surface area contributed by atoms with Gasteiger partial charge in [-0.25, -0.2) is 8.42 Å². The van der Waals surface area contributed by atoms with Crippen LogP contribution in [0.5, 0.6) is 0 Å². The summed E-state index contributed by atoms with van der Waals surface area (Å²) in [4.78, 5) is 14.5. The summed E-state index contributed by atoms with van der Waals surface area (Å²) in [5.41, 5.74) is 4.04. The summed E-state index contributed by atoms with van der Waals surface area (Å²) in [6.45, 7) is 2.26. The van der Waals surface area contributed by atoms with Gasteiger partial charge in [0.2, 0.25) is 15.9 Å². The van der Waals surface area contributed by atoms with Gasteiger partial charge in [-0.2, -0.15) is 4.72 Å². The molecular weight excluding hydrogens is 422 g/mol. The number of carbonyl (C=O) groups excluding carboxylic acids is 1. The SMILES string of the molecule is O=C1[C@@H](NS(=O)(=O)C=Cc2ccc(Cl)cc2)CCN1c1ccc2c(c1)CNCCC2. The zero-order valence-corrected chi connectivity index (χ0v) is 18.0. The Morgan fingerprint density at radius 3 is 2.73 bits per heavy atom. The van der Waals surface area contributed by atoms with Crippen molar-refractivity contribution in [2.75, 3.05) is 18.0 Å². The van der Waals surface area contributed by atoms with Gasteiger partial charge in [0.05, 0.1) is 0 Å². The summed E-state index contributed by atoms with van der Waals surface area (Å²) in [5.74, 6) is -0.222. The van der Waals surface area contributed by atoms with E-state index in [4.69, 9.17) is 11.6 Å². The average molecular weight is 446 g/mol. The van der Waals surface area contributed by atoms with Crippen LogP contribution in [0.1, 0.15) is 29.5 Å². The minimum Gasteiger partial charge on any atom is -0.313 e. The van der Waals surface area contributed by atoms with Crippen molar-refractivity contribution in [2.24, 2.45) is 0 Å². The molecule has 2 aromatic rings. The highest BCUT2D eigenvalue weighted by Crippen LogP contribution is 2.26. The van der Waals surface area contributed by atoms with Crippen molar-refractivity contribution < 1.29 is 13.2 Å². The van der Waals surface area contributed by atoms with Crippen LogP contribution in [0, 0.1) is 0 Å². The zero-order valence-electron chi connectivity index (χ0n) is 16.5. The van der Waals surface area contributed by atoms with Gasteiger partial charge in [-0.05, 0) is 72.8 Å². The standard InChI is InChI=1S/C22H24ClN3O3S/c23-19-6-3-16(4-7-19)10-13-30(28,29)25-21-9-12-26(22(21)27)20-8-5-17-2-1-11-24-15-18(17)14-20/h3-8,10,13-14,21,24-25H,1-2,9,11-12,15H2/t21-/m0/s1. The number of anilines is 1. The summed E-state index contributed by atoms with van der Waals surface area (Å²) in [5, 5.41) is 5.06. The second-order valence-electron chi connectivity index (χ2n) is 7.58. The Hall–Kier alpha value is -2.19. The van der Waals surface area contributed by atoms with E-state index in [1.807, 2.05) is 12.1 Å². The molecule has 0 spiro atoms. The van der Waals surface area contributed by atoms with E-state index >= 15 is 0 Å². The first-order valence-corrected chi connectivity index (χ1v) is 11.9. The first-order valence-electron chi connectivity index (χ1n) is 10.0. The van der Waals surface area contributed by atoms with Gasteiger partial charge in [0, 0.05) is 29.2 Å². The van der Waals surface area contributed by atoms with Crippen molar-refractivity contribution >= 4 is 39.3 Å². The topological polar surface area (TPSA) is 78.5 Å². The van der Waals surface area contributed by atoms with Crippen molar-refractivity contribution in [3.8, 4) is 0 Å². The van der Waals surface area contributed by atoms with Crippen molar-refractivity contribution in [3.05, 3.63) is 69.6 Å². The molecule has 6 nitrogen and oxygen atoms in total. The van der Waals surface area contributed by atoms with Crippen LogP contribution in [-0.2, 0) is 27.8 Å². The van der Waals surface area contributed by atoms with Gasteiger partial charge >= 0.3 is 0 Å². The fraction of sp³-hybridized carbons (Fsp3) is 0.318. The normalized spacial score (nSPS) is 19.8. The highest BCUT2D eigenvalue weighted by molar-refractivity contribution is 7.92. The maximum absolute atomic E-state index is 12.9. The lowest BCUT2D eigenvalue weighted by molar-refractivity contribution is -0.118. The van der Waals surface area contributed by atoms with E-state index < -0.39 is 16.1 Å². The smallest absolute Gasteiger partial charge is 0.245 e. The molecule has 30 heavy (non-hydrogen) atoms. The second-order valence-corrected chi connectivity index (χ2v) is 9.62. The molecule has 158 valence electrons. The maximum atomic E-state index is 12.9. The van der Waals surface area contributed by atoms with E-state index in [0.29, 0.717) is 23.6 Å². The quantitative estimate of drug-likeness (QED) is 0.741. The fourth-order valence-electron chi connectivity index (χ4n) is 3.84. The first kappa shape index (κ1) is 21.1. The Bertz CT molecular complexity index is 1070. The third kappa shape index (κ3) is 4.92. The van der Waals surface area contributed by atoms with Gasteiger partial charge in [-0.15, -0.1) is 0 Å². The van der Waals surface area contributed by atoms with Crippen molar-refractivity contribution in [2.45, 2.75) is 31.8 Å². The molecule has 1 atom stereocenters. The van der Waals surface area contributed by atoms with Crippen LogP contribution in [-0.4, -0.2) is 33.5 Å². The molecule has 0 bridgehead atoms. The number of nitrogens with one attached hydrogen (secondary N) is 2. The van der Waals surface area contributed by atoms with Gasteiger partial charge < -0.3 is 10.2 Å². The number of nitrogens with zero attached hydrogens (tertiary/aromatic N) is 1. The van der Waals surface area contributed by atoms with Crippen LogP contribution >= 0.6 is 11.6 Å². The molecule has 2 aromatic carbocycles. The van der Waals surface area contributed by atoms with Crippen LogP contribution in [0.3, 0.4) is 0 Å². The van der Waals surface area contributed by atoms with E-state index in [1.165, 1.54) is 17.2 Å². The van der Waals surface area contributed by atoms with Crippen LogP contribution < -0.4 is 14.9 Å². The number of amides is 1. The molecule has 0 aromatic heterocycles. The second kappa shape index (κ2) is 8.89. The highest BCUT2D eigenvalue weighted by Gasteiger charge is 2.35. The number of aryl methyl sites for hydroxylation is 1. The summed E-state index contributed by atoms with van der Waals surface area (Å²) in [7, 11) is -3.75. The summed E-state index contributed by atoms with van der Waals surface area (Å²) in [6, 6.07) is 12.2. The lowest BCUT2D eigenvalue weighted by Gasteiger charge is -2.19. The molecule has 8 heteroatoms. The first-order chi connectivity index (χ1) is 14.4. The van der Waals surface area contributed by atoms with Crippen molar-refractivity contribution in [1.82, 2.24) is 10.0 Å². The lowest BCUT2D eigenvalue weighted by Crippen LogP contribution is -2.40. The van der Waals surface area contributed by atoms with Gasteiger partial charge in [-0.3, -0.25) is 4.79 Å². The lowest BCUT2D eigenvalue weighted by atomic mass is 10.0. The van der Waals surface area contributed by atoms with E-state index in [1.54, 1.807) is 29.2 Å². The molecule has 0 aliphatic carbocycles. The predicted molar refractivity (Wildman–Crippen MR) is 120 cm³/mol. The molecule has 2 aliphatic rings. The summed E-state index contributed by atoms with van der Waals surface area (Å²) >= 11 is 5.84. The van der Waals surface area contributed by atoms with Crippen molar-refractivity contribution in [3.63, 3.8) is 0 Å². The Kier molecular flexibility index (Phi) is 6.24. The number of halogens is 1. The molecule has 2 heterocycles. The van der Waals surface area contributed by atoms with Gasteiger partial charge in [0.1, 0.15) is 6.04 Å². The third-order valence-electron chi connectivity index (χ3n) is 5.44. The Labute approximate surface area is 182 Å². The molecule has 2 aliphatic heterocycles. The summed E-state index contributed by atoms with van der Waals surface area (Å²) in [6.07, 6.45) is 4.04. The number of carbonyl (C=O) groups is 1. The molecule has 0 saturated carbocycles. The summed E-state index contributed by atoms with van der Waals surface area (Å²) < 4.78 is 27.4. The Morgan fingerprint density at radius 2 is 1.93 bits per heavy atom. The number of hydrogen-bond acceptors (Lipinski definition) is 4. The number of benzene rings is 2. The molecule has 0 radical (unpaired) electrons. The van der Waals surface area contributed by atoms with E-state index in [0.717, 1.165) is 37.0 Å². The zero-order chi connectivity index (χ0) is 21.1. The number of rotatable bonds is 5. The minimum absolute atomic E-state index is 0.222. The Balaban J connectivity index is 1.44. The monoisotopic (exact) mass is 445 g/mol. The number of sulfonamides is 1. The Morgan fingerprint density at radius 1 is 1.13 bits per heavy atom. The maximum Gasteiger partial charge on any atom is 0.245 e. The van der Waals surface area contributed by atoms with Crippen LogP contribution in [0.25, 0.3) is 6.08 Å². The van der Waals surface area contributed by atoms with Crippen molar-refractivity contribution in [1.29, 1.82) is 0 Å². The number of fused-ring (bicyclic) bond motifs is 1. The molecule has 4 rings (SSSR count). The fourth-order valence-corrected chi connectivity index (χ4v) is 5.00. The van der Waals surface area contributed by atoms with E-state index in [9.17, 15) is 13.2 Å². The molecule has 2 N–H and O–H groups in total. The van der Waals surface area contributed by atoms with E-state index in [-0.39, 0.29) is 5.91 Å². The van der Waals surface area contributed by atoms with Gasteiger partial charge in [0.15, 0.2) is 0 Å². The van der Waals surface area contributed by atoms with Crippen LogP contribution in [0.4, 0.5) is 5.69 Å². The van der Waals surface area contributed by atoms with E-state index in [2.05, 4.69) is 16.1 Å². The van der Waals surface area contributed by atoms with Gasteiger partial charge in [-0.1, -0.05) is 29.8 Å². The van der Waals surface area contributed by atoms with Crippen LogP contribution in [0.2, 0.25) is 5.02 Å². The highest BCUT2D eigenvalue weighted by atomic mass is 35.5. The predicted octanol–water partition coefficient (Wildman–Crippen LogP) is 3.07. The molecule has 1 amide bonds. The molecule has 1 fully saturated rings.